The summed E-state index contributed by atoms with van der Waals surface area (Å²) in [6.45, 7) is 0. The molecule has 6 heteroatoms. The zero-order valence-electron chi connectivity index (χ0n) is 8.68. The highest BCUT2D eigenvalue weighted by Gasteiger charge is 2.25. The Hall–Kier alpha value is -1.14. The molecule has 88 valence electrons. The molecule has 0 bridgehead atoms. The minimum absolute atomic E-state index is 0.00483. The van der Waals surface area contributed by atoms with Crippen LogP contribution in [0.25, 0.3) is 0 Å². The average molecular weight is 243 g/mol. The minimum atomic E-state index is -3.61. The fourth-order valence-electron chi connectivity index (χ4n) is 1.86. The van der Waals surface area contributed by atoms with E-state index >= 15 is 0 Å². The van der Waals surface area contributed by atoms with Gasteiger partial charge in [0.2, 0.25) is 5.09 Å². The van der Waals surface area contributed by atoms with Crippen LogP contribution >= 0.6 is 0 Å². The summed E-state index contributed by atoms with van der Waals surface area (Å²) in [5.41, 5.74) is 0. The van der Waals surface area contributed by atoms with Gasteiger partial charge >= 0.3 is 0 Å². The molecule has 16 heavy (non-hydrogen) atoms. The van der Waals surface area contributed by atoms with Crippen LogP contribution in [-0.4, -0.2) is 20.7 Å². The molecule has 1 fully saturated rings. The van der Waals surface area contributed by atoms with Gasteiger partial charge in [-0.05, 0) is 25.0 Å². The van der Waals surface area contributed by atoms with Crippen LogP contribution in [0, 0.1) is 0 Å². The molecule has 1 saturated carbocycles. The van der Waals surface area contributed by atoms with Crippen molar-refractivity contribution in [3.8, 4) is 0 Å². The Bertz CT molecular complexity index is 471. The molecule has 1 aromatic rings. The highest BCUT2D eigenvalue weighted by molar-refractivity contribution is 7.89. The van der Waals surface area contributed by atoms with E-state index in [9.17, 15) is 13.2 Å². The first-order valence-electron chi connectivity index (χ1n) is 5.19. The van der Waals surface area contributed by atoms with Gasteiger partial charge in [0.1, 0.15) is 0 Å². The first-order valence-corrected chi connectivity index (χ1v) is 6.67. The number of carbonyl (C=O) groups is 1. The molecule has 0 radical (unpaired) electrons. The summed E-state index contributed by atoms with van der Waals surface area (Å²) >= 11 is 0. The first-order chi connectivity index (χ1) is 7.62. The predicted molar refractivity (Wildman–Crippen MR) is 56.7 cm³/mol. The summed E-state index contributed by atoms with van der Waals surface area (Å²) in [5.74, 6) is 0.0202. The van der Waals surface area contributed by atoms with Gasteiger partial charge in [-0.25, -0.2) is 13.1 Å². The van der Waals surface area contributed by atoms with Crippen LogP contribution in [0.2, 0.25) is 0 Å². The lowest BCUT2D eigenvalue weighted by Gasteiger charge is -2.10. The second-order valence-corrected chi connectivity index (χ2v) is 5.52. The van der Waals surface area contributed by atoms with Crippen molar-refractivity contribution in [3.05, 3.63) is 17.9 Å². The summed E-state index contributed by atoms with van der Waals surface area (Å²) in [7, 11) is -3.61. The third kappa shape index (κ3) is 2.33. The molecule has 0 saturated heterocycles. The monoisotopic (exact) mass is 243 g/mol. The number of sulfonamides is 1. The van der Waals surface area contributed by atoms with Crippen LogP contribution in [0.5, 0.6) is 0 Å². The van der Waals surface area contributed by atoms with E-state index in [1.807, 2.05) is 0 Å². The molecule has 1 aliphatic rings. The van der Waals surface area contributed by atoms with E-state index in [0.717, 1.165) is 25.7 Å². The van der Waals surface area contributed by atoms with Crippen molar-refractivity contribution in [3.63, 3.8) is 0 Å². The minimum Gasteiger partial charge on any atom is -0.440 e. The molecule has 5 nitrogen and oxygen atoms in total. The second kappa shape index (κ2) is 4.39. The van der Waals surface area contributed by atoms with E-state index in [2.05, 4.69) is 4.72 Å². The Morgan fingerprint density at radius 3 is 2.56 bits per heavy atom. The Morgan fingerprint density at radius 2 is 2.00 bits per heavy atom. The third-order valence-corrected chi connectivity index (χ3v) is 4.05. The summed E-state index contributed by atoms with van der Waals surface area (Å²) < 4.78 is 31.1. The van der Waals surface area contributed by atoms with Gasteiger partial charge in [-0.1, -0.05) is 12.8 Å². The Balaban J connectivity index is 2.14. The van der Waals surface area contributed by atoms with Gasteiger partial charge in [-0.3, -0.25) is 4.79 Å². The molecule has 0 unspecified atom stereocenters. The number of rotatable bonds is 4. The highest BCUT2D eigenvalue weighted by Crippen LogP contribution is 2.21. The van der Waals surface area contributed by atoms with Gasteiger partial charge < -0.3 is 4.42 Å². The quantitative estimate of drug-likeness (QED) is 0.809. The molecule has 2 rings (SSSR count). The highest BCUT2D eigenvalue weighted by atomic mass is 32.2. The number of hydrogen-bond donors (Lipinski definition) is 1. The van der Waals surface area contributed by atoms with Crippen molar-refractivity contribution in [2.24, 2.45) is 0 Å². The van der Waals surface area contributed by atoms with E-state index in [1.54, 1.807) is 0 Å². The Labute approximate surface area is 93.9 Å². The van der Waals surface area contributed by atoms with Crippen LogP contribution in [0.15, 0.2) is 21.6 Å². The molecular formula is C10H13NO4S. The van der Waals surface area contributed by atoms with E-state index in [1.165, 1.54) is 12.1 Å². The van der Waals surface area contributed by atoms with Crippen LogP contribution in [-0.2, 0) is 10.0 Å². The fraction of sp³-hybridized carbons (Fsp3) is 0.500. The molecule has 0 spiro atoms. The molecule has 1 aromatic heterocycles. The van der Waals surface area contributed by atoms with Crippen molar-refractivity contribution in [1.82, 2.24) is 4.72 Å². The maximum absolute atomic E-state index is 11.8. The van der Waals surface area contributed by atoms with E-state index in [0.29, 0.717) is 6.29 Å². The summed E-state index contributed by atoms with van der Waals surface area (Å²) in [6.07, 6.45) is 4.30. The zero-order valence-corrected chi connectivity index (χ0v) is 9.50. The lowest BCUT2D eigenvalue weighted by molar-refractivity contribution is 0.109. The van der Waals surface area contributed by atoms with Crippen molar-refractivity contribution < 1.29 is 17.6 Å². The normalized spacial score (nSPS) is 17.8. The SMILES string of the molecule is O=Cc1ccc(S(=O)(=O)NC2CCCC2)o1. The van der Waals surface area contributed by atoms with E-state index in [-0.39, 0.29) is 16.9 Å². The zero-order chi connectivity index (χ0) is 11.6. The summed E-state index contributed by atoms with van der Waals surface area (Å²) in [4.78, 5) is 10.4. The molecule has 0 atom stereocenters. The van der Waals surface area contributed by atoms with Crippen molar-refractivity contribution in [2.45, 2.75) is 36.8 Å². The second-order valence-electron chi connectivity index (χ2n) is 3.88. The molecule has 0 amide bonds. The number of nitrogens with one attached hydrogen (secondary N) is 1. The maximum atomic E-state index is 11.8. The van der Waals surface area contributed by atoms with Crippen LogP contribution in [0.1, 0.15) is 36.2 Å². The van der Waals surface area contributed by atoms with Crippen LogP contribution < -0.4 is 4.72 Å². The Morgan fingerprint density at radius 1 is 1.31 bits per heavy atom. The molecule has 1 aliphatic carbocycles. The lowest BCUT2D eigenvalue weighted by atomic mass is 10.3. The molecule has 0 aliphatic heterocycles. The largest absolute Gasteiger partial charge is 0.440 e. The van der Waals surface area contributed by atoms with Crippen LogP contribution in [0.3, 0.4) is 0 Å². The number of furan rings is 1. The van der Waals surface area contributed by atoms with Gasteiger partial charge in [0.05, 0.1) is 0 Å². The van der Waals surface area contributed by atoms with Gasteiger partial charge in [0.25, 0.3) is 10.0 Å². The van der Waals surface area contributed by atoms with Gasteiger partial charge in [-0.2, -0.15) is 0 Å². The predicted octanol–water partition coefficient (Wildman–Crippen LogP) is 1.31. The summed E-state index contributed by atoms with van der Waals surface area (Å²) in [6, 6.07) is 2.63. The first kappa shape index (κ1) is 11.3. The molecule has 1 heterocycles. The van der Waals surface area contributed by atoms with Crippen molar-refractivity contribution in [1.29, 1.82) is 0 Å². The molecule has 1 N–H and O–H groups in total. The van der Waals surface area contributed by atoms with Gasteiger partial charge in [-0.15, -0.1) is 0 Å². The lowest BCUT2D eigenvalue weighted by Crippen LogP contribution is -2.32. The number of carbonyl (C=O) groups excluding carboxylic acids is 1. The smallest absolute Gasteiger partial charge is 0.274 e. The molecule has 0 aromatic carbocycles. The van der Waals surface area contributed by atoms with E-state index < -0.39 is 10.0 Å². The standard InChI is InChI=1S/C10H13NO4S/c12-7-9-5-6-10(15-9)16(13,14)11-8-3-1-2-4-8/h5-8,11H,1-4H2. The Kier molecular flexibility index (Phi) is 3.11. The number of hydrogen-bond acceptors (Lipinski definition) is 4. The topological polar surface area (TPSA) is 76.4 Å². The third-order valence-electron chi connectivity index (χ3n) is 2.66. The van der Waals surface area contributed by atoms with Crippen LogP contribution in [0.4, 0.5) is 0 Å². The van der Waals surface area contributed by atoms with Crippen molar-refractivity contribution in [2.75, 3.05) is 0 Å². The maximum Gasteiger partial charge on any atom is 0.274 e. The summed E-state index contributed by atoms with van der Waals surface area (Å²) in [5, 5.41) is -0.193. The number of aldehydes is 1. The van der Waals surface area contributed by atoms with Crippen molar-refractivity contribution >= 4 is 16.3 Å². The van der Waals surface area contributed by atoms with Gasteiger partial charge in [0.15, 0.2) is 12.0 Å². The van der Waals surface area contributed by atoms with Gasteiger partial charge in [0, 0.05) is 6.04 Å². The van der Waals surface area contributed by atoms with E-state index in [4.69, 9.17) is 4.42 Å². The molecular weight excluding hydrogens is 230 g/mol. The average Bonchev–Trinajstić information content (AvgIpc) is 2.85. The fourth-order valence-corrected chi connectivity index (χ4v) is 3.11.